The second-order valence-corrected chi connectivity index (χ2v) is 6.08. The van der Waals surface area contributed by atoms with Gasteiger partial charge >= 0.3 is 0 Å². The number of benzene rings is 1. The van der Waals surface area contributed by atoms with E-state index in [1.807, 2.05) is 6.92 Å². The van der Waals surface area contributed by atoms with Crippen LogP contribution in [0, 0.1) is 0 Å². The normalized spacial score (nSPS) is 19.7. The molecule has 0 N–H and O–H groups in total. The Morgan fingerprint density at radius 2 is 2.24 bits per heavy atom. The first-order valence-electron chi connectivity index (χ1n) is 7.43. The molecule has 0 spiro atoms. The Balaban J connectivity index is 1.87. The SMILES string of the molecule is CCOC1CCCN(CCC(=O)c2cccc(Cl)c2Cl)C1. The van der Waals surface area contributed by atoms with Gasteiger partial charge in [0, 0.05) is 31.7 Å². The lowest BCUT2D eigenvalue weighted by molar-refractivity contribution is 0.00589. The van der Waals surface area contributed by atoms with Gasteiger partial charge in [0.1, 0.15) is 0 Å². The maximum Gasteiger partial charge on any atom is 0.165 e. The Bertz CT molecular complexity index is 491. The molecule has 1 aliphatic rings. The minimum atomic E-state index is 0.0426. The van der Waals surface area contributed by atoms with Crippen LogP contribution >= 0.6 is 23.2 Å². The van der Waals surface area contributed by atoms with E-state index in [1.165, 1.54) is 0 Å². The molecule has 1 aliphatic heterocycles. The van der Waals surface area contributed by atoms with Crippen molar-refractivity contribution in [3.8, 4) is 0 Å². The third-order valence-corrected chi connectivity index (χ3v) is 4.59. The molecule has 1 aromatic rings. The van der Waals surface area contributed by atoms with E-state index in [9.17, 15) is 4.79 Å². The first-order valence-corrected chi connectivity index (χ1v) is 8.18. The number of hydrogen-bond acceptors (Lipinski definition) is 3. The summed E-state index contributed by atoms with van der Waals surface area (Å²) in [4.78, 5) is 14.6. The lowest BCUT2D eigenvalue weighted by Gasteiger charge is -2.32. The number of rotatable bonds is 6. The van der Waals surface area contributed by atoms with Crippen molar-refractivity contribution in [1.82, 2.24) is 4.90 Å². The highest BCUT2D eigenvalue weighted by molar-refractivity contribution is 6.43. The van der Waals surface area contributed by atoms with E-state index in [0.717, 1.165) is 39.1 Å². The van der Waals surface area contributed by atoms with Crippen molar-refractivity contribution >= 4 is 29.0 Å². The summed E-state index contributed by atoms with van der Waals surface area (Å²) in [5.41, 5.74) is 0.516. The number of halogens is 2. The molecule has 0 aromatic heterocycles. The Kier molecular flexibility index (Phi) is 6.49. The predicted octanol–water partition coefficient (Wildman–Crippen LogP) is 4.07. The molecule has 0 radical (unpaired) electrons. The molecule has 5 heteroatoms. The van der Waals surface area contributed by atoms with Gasteiger partial charge in [0.2, 0.25) is 0 Å². The molecular weight excluding hydrogens is 309 g/mol. The lowest BCUT2D eigenvalue weighted by Crippen LogP contribution is -2.40. The number of carbonyl (C=O) groups excluding carboxylic acids is 1. The van der Waals surface area contributed by atoms with Gasteiger partial charge in [-0.15, -0.1) is 0 Å². The van der Waals surface area contributed by atoms with Crippen molar-refractivity contribution in [2.24, 2.45) is 0 Å². The Morgan fingerprint density at radius 3 is 3.00 bits per heavy atom. The lowest BCUT2D eigenvalue weighted by atomic mass is 10.1. The molecule has 3 nitrogen and oxygen atoms in total. The van der Waals surface area contributed by atoms with Crippen LogP contribution in [0.5, 0.6) is 0 Å². The van der Waals surface area contributed by atoms with Crippen LogP contribution in [0.15, 0.2) is 18.2 Å². The zero-order valence-corrected chi connectivity index (χ0v) is 13.8. The van der Waals surface area contributed by atoms with Crippen LogP contribution in [0.3, 0.4) is 0 Å². The molecule has 116 valence electrons. The topological polar surface area (TPSA) is 29.5 Å². The van der Waals surface area contributed by atoms with Crippen molar-refractivity contribution in [3.63, 3.8) is 0 Å². The summed E-state index contributed by atoms with van der Waals surface area (Å²) in [7, 11) is 0. The molecule has 1 aromatic carbocycles. The number of ketones is 1. The molecule has 21 heavy (non-hydrogen) atoms. The average Bonchev–Trinajstić information content (AvgIpc) is 2.48. The van der Waals surface area contributed by atoms with Crippen LogP contribution in [0.1, 0.15) is 36.5 Å². The van der Waals surface area contributed by atoms with Gasteiger partial charge in [0.15, 0.2) is 5.78 Å². The van der Waals surface area contributed by atoms with Crippen molar-refractivity contribution in [2.45, 2.75) is 32.3 Å². The molecular formula is C16H21Cl2NO2. The number of piperidine rings is 1. The van der Waals surface area contributed by atoms with Crippen molar-refractivity contribution in [2.75, 3.05) is 26.2 Å². The molecule has 0 aliphatic carbocycles. The molecule has 0 saturated carbocycles. The second kappa shape index (κ2) is 8.14. The van der Waals surface area contributed by atoms with Gasteiger partial charge in [0.25, 0.3) is 0 Å². The summed E-state index contributed by atoms with van der Waals surface area (Å²) >= 11 is 12.0. The number of carbonyl (C=O) groups is 1. The summed E-state index contributed by atoms with van der Waals surface area (Å²) in [6.45, 7) is 5.44. The van der Waals surface area contributed by atoms with E-state index in [-0.39, 0.29) is 5.78 Å². The van der Waals surface area contributed by atoms with E-state index in [1.54, 1.807) is 18.2 Å². The van der Waals surface area contributed by atoms with Crippen molar-refractivity contribution < 1.29 is 9.53 Å². The average molecular weight is 330 g/mol. The first kappa shape index (κ1) is 16.8. The number of likely N-dealkylation sites (tertiary alicyclic amines) is 1. The Morgan fingerprint density at radius 1 is 1.43 bits per heavy atom. The molecule has 1 saturated heterocycles. The van der Waals surface area contributed by atoms with Gasteiger partial charge in [-0.3, -0.25) is 4.79 Å². The van der Waals surface area contributed by atoms with Gasteiger partial charge < -0.3 is 9.64 Å². The second-order valence-electron chi connectivity index (χ2n) is 5.29. The third kappa shape index (κ3) is 4.68. The summed E-state index contributed by atoms with van der Waals surface area (Å²) in [6.07, 6.45) is 2.99. The van der Waals surface area contributed by atoms with Crippen LogP contribution in [0.2, 0.25) is 10.0 Å². The summed E-state index contributed by atoms with van der Waals surface area (Å²) in [5, 5.41) is 0.784. The van der Waals surface area contributed by atoms with Crippen LogP contribution in [0.4, 0.5) is 0 Å². The fraction of sp³-hybridized carbons (Fsp3) is 0.562. The number of ether oxygens (including phenoxy) is 1. The minimum absolute atomic E-state index is 0.0426. The third-order valence-electron chi connectivity index (χ3n) is 3.77. The van der Waals surface area contributed by atoms with Crippen LogP contribution < -0.4 is 0 Å². The molecule has 1 heterocycles. The summed E-state index contributed by atoms with van der Waals surface area (Å²) < 4.78 is 5.67. The zero-order chi connectivity index (χ0) is 15.2. The number of nitrogens with zero attached hydrogens (tertiary/aromatic N) is 1. The summed E-state index contributed by atoms with van der Waals surface area (Å²) in [6, 6.07) is 5.18. The first-order chi connectivity index (χ1) is 10.1. The standard InChI is InChI=1S/C16H21Cl2NO2/c1-2-21-12-5-4-9-19(11-12)10-8-15(20)13-6-3-7-14(17)16(13)18/h3,6-7,12H,2,4-5,8-11H2,1H3. The maximum atomic E-state index is 12.3. The van der Waals surface area contributed by atoms with E-state index in [4.69, 9.17) is 27.9 Å². The largest absolute Gasteiger partial charge is 0.377 e. The monoisotopic (exact) mass is 329 g/mol. The van der Waals surface area contributed by atoms with Crippen molar-refractivity contribution in [3.05, 3.63) is 33.8 Å². The molecule has 2 rings (SSSR count). The molecule has 1 fully saturated rings. The van der Waals surface area contributed by atoms with Gasteiger partial charge in [0.05, 0.1) is 16.1 Å². The van der Waals surface area contributed by atoms with Gasteiger partial charge in [-0.1, -0.05) is 29.3 Å². The fourth-order valence-electron chi connectivity index (χ4n) is 2.70. The van der Waals surface area contributed by atoms with Gasteiger partial charge in [-0.05, 0) is 38.4 Å². The van der Waals surface area contributed by atoms with Crippen LogP contribution in [0.25, 0.3) is 0 Å². The molecule has 0 amide bonds. The van der Waals surface area contributed by atoms with Crippen LogP contribution in [-0.2, 0) is 4.74 Å². The number of hydrogen-bond donors (Lipinski definition) is 0. The predicted molar refractivity (Wildman–Crippen MR) is 86.5 cm³/mol. The maximum absolute atomic E-state index is 12.3. The summed E-state index contributed by atoms with van der Waals surface area (Å²) in [5.74, 6) is 0.0426. The van der Waals surface area contributed by atoms with Gasteiger partial charge in [-0.2, -0.15) is 0 Å². The highest BCUT2D eigenvalue weighted by Crippen LogP contribution is 2.26. The molecule has 1 unspecified atom stereocenters. The van der Waals surface area contributed by atoms with E-state index < -0.39 is 0 Å². The zero-order valence-electron chi connectivity index (χ0n) is 12.3. The minimum Gasteiger partial charge on any atom is -0.377 e. The molecule has 0 bridgehead atoms. The van der Waals surface area contributed by atoms with Crippen LogP contribution in [-0.4, -0.2) is 43.0 Å². The highest BCUT2D eigenvalue weighted by atomic mass is 35.5. The number of Topliss-reactive ketones (excluding diaryl/α,β-unsaturated/α-hetero) is 1. The Hall–Kier alpha value is -0.610. The molecule has 1 atom stereocenters. The van der Waals surface area contributed by atoms with Crippen molar-refractivity contribution in [1.29, 1.82) is 0 Å². The van der Waals surface area contributed by atoms with E-state index in [2.05, 4.69) is 4.90 Å². The quantitative estimate of drug-likeness (QED) is 0.737. The fourth-order valence-corrected chi connectivity index (χ4v) is 3.11. The smallest absolute Gasteiger partial charge is 0.165 e. The highest BCUT2D eigenvalue weighted by Gasteiger charge is 2.21. The van der Waals surface area contributed by atoms with Gasteiger partial charge in [-0.25, -0.2) is 0 Å². The van der Waals surface area contributed by atoms with E-state index in [0.29, 0.717) is 28.1 Å². The Labute approximate surface area is 136 Å². The van der Waals surface area contributed by atoms with E-state index >= 15 is 0 Å².